The van der Waals surface area contributed by atoms with Crippen LogP contribution < -0.4 is 0 Å². The van der Waals surface area contributed by atoms with E-state index in [1.54, 1.807) is 41.2 Å². The smallest absolute Gasteiger partial charge is 0.260 e. The number of benzene rings is 2. The van der Waals surface area contributed by atoms with Gasteiger partial charge < -0.3 is 0 Å². The quantitative estimate of drug-likeness (QED) is 0.650. The van der Waals surface area contributed by atoms with Gasteiger partial charge in [0.25, 0.3) is 0 Å². The van der Waals surface area contributed by atoms with Crippen molar-refractivity contribution in [1.29, 1.82) is 0 Å². The molecule has 2 atom stereocenters. The maximum absolute atomic E-state index is 12.8. The molecule has 1 aliphatic rings. The third kappa shape index (κ3) is 4.39. The van der Waals surface area contributed by atoms with Gasteiger partial charge in [-0.3, -0.25) is 4.79 Å². The molecule has 1 aliphatic heterocycles. The van der Waals surface area contributed by atoms with E-state index in [0.29, 0.717) is 5.56 Å². The van der Waals surface area contributed by atoms with Crippen molar-refractivity contribution in [2.75, 3.05) is 0 Å². The van der Waals surface area contributed by atoms with Crippen molar-refractivity contribution in [3.63, 3.8) is 0 Å². The number of azo groups is 2. The Morgan fingerprint density at radius 3 is 2.33 bits per heavy atom. The summed E-state index contributed by atoms with van der Waals surface area (Å²) in [5.41, 5.74) is 0.528. The lowest BCUT2D eigenvalue weighted by atomic mass is 9.91. The van der Waals surface area contributed by atoms with Gasteiger partial charge in [-0.05, 0) is 35.9 Å². The number of hydrogen-bond donors (Lipinski definition) is 0. The van der Waals surface area contributed by atoms with E-state index in [2.05, 4.69) is 5.11 Å². The van der Waals surface area contributed by atoms with E-state index >= 15 is 0 Å². The second-order valence-electron chi connectivity index (χ2n) is 6.28. The fourth-order valence-corrected chi connectivity index (χ4v) is 2.92. The first-order valence-electron chi connectivity index (χ1n) is 8.48. The van der Waals surface area contributed by atoms with Crippen LogP contribution in [0.2, 0.25) is 0 Å². The van der Waals surface area contributed by atoms with Gasteiger partial charge in [0.1, 0.15) is 0 Å². The number of amides is 1. The van der Waals surface area contributed by atoms with Crippen LogP contribution in [0.25, 0.3) is 0 Å². The summed E-state index contributed by atoms with van der Waals surface area (Å²) in [5, 5.41) is 4.17. The topological polar surface area (TPSA) is 32.4 Å². The monoisotopic (exact) mass is 371 g/mol. The number of carbonyl (C=O) groups excluding carboxylic acids is 1. The largest absolute Gasteiger partial charge is 0.416 e. The lowest BCUT2D eigenvalue weighted by Gasteiger charge is -2.18. The summed E-state index contributed by atoms with van der Waals surface area (Å²) in [6, 6.07) is 13.5. The highest BCUT2D eigenvalue weighted by Gasteiger charge is 2.32. The molecule has 0 aromatic heterocycles. The highest BCUT2D eigenvalue weighted by Crippen LogP contribution is 2.31. The summed E-state index contributed by atoms with van der Waals surface area (Å²) in [7, 11) is 0. The molecule has 0 aliphatic carbocycles. The van der Waals surface area contributed by atoms with Crippen LogP contribution in [0.15, 0.2) is 84.1 Å². The Bertz CT molecular complexity index is 897. The van der Waals surface area contributed by atoms with Crippen LogP contribution in [-0.4, -0.2) is 16.6 Å². The van der Waals surface area contributed by atoms with Crippen LogP contribution >= 0.6 is 0 Å². The molecule has 0 saturated carbocycles. The van der Waals surface area contributed by atoms with Gasteiger partial charge in [0.15, 0.2) is 6.20 Å². The normalized spacial score (nSPS) is 19.3. The SMILES string of the molecule is CC(c1ccc(C(F)(F)F)cc1)C1C=CC=C[N+]1=NC(=O)c1ccccc1. The Hall–Kier alpha value is -3.02. The van der Waals surface area contributed by atoms with E-state index in [-0.39, 0.29) is 17.9 Å². The summed E-state index contributed by atoms with van der Waals surface area (Å²) in [6.07, 6.45) is 2.80. The van der Waals surface area contributed by atoms with Gasteiger partial charge in [0.05, 0.1) is 5.56 Å². The molecule has 6 heteroatoms. The third-order valence-corrected chi connectivity index (χ3v) is 4.47. The van der Waals surface area contributed by atoms with E-state index in [9.17, 15) is 18.0 Å². The highest BCUT2D eigenvalue weighted by atomic mass is 19.4. The number of allylic oxidation sites excluding steroid dienone is 2. The van der Waals surface area contributed by atoms with Gasteiger partial charge in [-0.25, -0.2) is 0 Å². The predicted molar refractivity (Wildman–Crippen MR) is 95.4 cm³/mol. The van der Waals surface area contributed by atoms with E-state index in [0.717, 1.165) is 17.7 Å². The van der Waals surface area contributed by atoms with Gasteiger partial charge in [0, 0.05) is 22.7 Å². The summed E-state index contributed by atoms with van der Waals surface area (Å²) in [4.78, 5) is 12.4. The number of carbonyl (C=O) groups is 1. The van der Waals surface area contributed by atoms with E-state index < -0.39 is 11.7 Å². The zero-order valence-electron chi connectivity index (χ0n) is 14.6. The molecule has 27 heavy (non-hydrogen) atoms. The molecule has 2 aromatic rings. The van der Waals surface area contributed by atoms with Gasteiger partial charge in [0.2, 0.25) is 6.04 Å². The molecule has 3 nitrogen and oxygen atoms in total. The second kappa shape index (κ2) is 7.70. The van der Waals surface area contributed by atoms with Crippen molar-refractivity contribution >= 4 is 5.91 Å². The molecule has 1 heterocycles. The molecule has 1 amide bonds. The molecule has 0 bridgehead atoms. The number of halogens is 3. The van der Waals surface area contributed by atoms with Crippen LogP contribution in [0, 0.1) is 0 Å². The van der Waals surface area contributed by atoms with E-state index in [1.807, 2.05) is 25.1 Å². The minimum absolute atomic E-state index is 0.166. The molecule has 2 unspecified atom stereocenters. The van der Waals surface area contributed by atoms with Crippen LogP contribution in [0.4, 0.5) is 13.2 Å². The minimum Gasteiger partial charge on any atom is -0.260 e. The first-order valence-corrected chi connectivity index (χ1v) is 8.48. The van der Waals surface area contributed by atoms with Gasteiger partial charge in [-0.2, -0.15) is 13.2 Å². The maximum Gasteiger partial charge on any atom is 0.416 e. The van der Waals surface area contributed by atoms with E-state index in [1.165, 1.54) is 12.1 Å². The van der Waals surface area contributed by atoms with Crippen molar-refractivity contribution in [1.82, 2.24) is 0 Å². The Balaban J connectivity index is 1.85. The van der Waals surface area contributed by atoms with Crippen molar-refractivity contribution in [3.05, 3.63) is 95.7 Å². The van der Waals surface area contributed by atoms with Crippen molar-refractivity contribution < 1.29 is 22.7 Å². The van der Waals surface area contributed by atoms with Gasteiger partial charge in [-0.1, -0.05) is 48.0 Å². The molecule has 0 N–H and O–H groups in total. The molecule has 0 spiro atoms. The highest BCUT2D eigenvalue weighted by molar-refractivity contribution is 5.94. The molecule has 0 saturated heterocycles. The summed E-state index contributed by atoms with van der Waals surface area (Å²) >= 11 is 0. The lowest BCUT2D eigenvalue weighted by molar-refractivity contribution is -0.554. The fourth-order valence-electron chi connectivity index (χ4n) is 2.92. The number of alkyl halides is 3. The Morgan fingerprint density at radius 1 is 1.04 bits per heavy atom. The second-order valence-corrected chi connectivity index (χ2v) is 6.28. The molecular weight excluding hydrogens is 353 g/mol. The van der Waals surface area contributed by atoms with E-state index in [4.69, 9.17) is 0 Å². The summed E-state index contributed by atoms with van der Waals surface area (Å²) in [6.45, 7) is 1.90. The van der Waals surface area contributed by atoms with Gasteiger partial charge in [-0.15, -0.1) is 0 Å². The van der Waals surface area contributed by atoms with Crippen molar-refractivity contribution in [2.24, 2.45) is 5.11 Å². The first-order chi connectivity index (χ1) is 12.9. The standard InChI is InChI=1S/C21H18F3N2O/c1-15(16-10-12-18(13-11-16)21(22,23)24)19-9-5-6-14-26(19)25-20(27)17-7-3-2-4-8-17/h2-15,19H,1H3/q+1. The number of rotatable bonds is 3. The summed E-state index contributed by atoms with van der Waals surface area (Å²) in [5.74, 6) is -0.541. The lowest BCUT2D eigenvalue weighted by Crippen LogP contribution is -2.27. The average Bonchev–Trinajstić information content (AvgIpc) is 2.68. The minimum atomic E-state index is -4.36. The Morgan fingerprint density at radius 2 is 1.70 bits per heavy atom. The molecule has 3 rings (SSSR count). The zero-order chi connectivity index (χ0) is 19.4. The molecule has 0 radical (unpaired) electrons. The summed E-state index contributed by atoms with van der Waals surface area (Å²) < 4.78 is 39.8. The van der Waals surface area contributed by atoms with Crippen LogP contribution in [0.1, 0.15) is 34.3 Å². The van der Waals surface area contributed by atoms with Crippen LogP contribution in [-0.2, 0) is 6.18 Å². The maximum atomic E-state index is 12.8. The van der Waals surface area contributed by atoms with Crippen molar-refractivity contribution in [2.45, 2.75) is 25.1 Å². The number of nitrogens with zero attached hydrogens (tertiary/aromatic N) is 2. The Labute approximate surface area is 155 Å². The molecule has 0 fully saturated rings. The molecular formula is C21H18F3N2O+. The van der Waals surface area contributed by atoms with Crippen molar-refractivity contribution in [3.8, 4) is 0 Å². The first kappa shape index (κ1) is 18.8. The zero-order valence-corrected chi connectivity index (χ0v) is 14.6. The Kier molecular flexibility index (Phi) is 5.35. The third-order valence-electron chi connectivity index (χ3n) is 4.47. The molecule has 2 aromatic carbocycles. The molecule has 138 valence electrons. The average molecular weight is 371 g/mol. The number of hydrogen-bond acceptors (Lipinski definition) is 1. The van der Waals surface area contributed by atoms with Crippen LogP contribution in [0.5, 0.6) is 0 Å². The predicted octanol–water partition coefficient (Wildman–Crippen LogP) is 5.57. The van der Waals surface area contributed by atoms with Crippen LogP contribution in [0.3, 0.4) is 0 Å². The fraction of sp³-hybridized carbons (Fsp3) is 0.190. The van der Waals surface area contributed by atoms with Gasteiger partial charge >= 0.3 is 12.1 Å².